The summed E-state index contributed by atoms with van der Waals surface area (Å²) in [4.78, 5) is 19.6. The minimum atomic E-state index is -0.0643. The van der Waals surface area contributed by atoms with Gasteiger partial charge in [-0.2, -0.15) is 4.98 Å². The Hall–Kier alpha value is -2.22. The molecule has 1 aliphatic heterocycles. The fraction of sp³-hybridized carbons (Fsp3) is 0.235. The summed E-state index contributed by atoms with van der Waals surface area (Å²) in [5, 5.41) is 9.45. The summed E-state index contributed by atoms with van der Waals surface area (Å²) in [5.74, 6) is 1.38. The summed E-state index contributed by atoms with van der Waals surface area (Å²) < 4.78 is 5.36. The fourth-order valence-electron chi connectivity index (χ4n) is 2.73. The van der Waals surface area contributed by atoms with Gasteiger partial charge in [-0.3, -0.25) is 9.69 Å². The van der Waals surface area contributed by atoms with Crippen molar-refractivity contribution < 1.29 is 9.32 Å². The first-order valence-corrected chi connectivity index (χ1v) is 9.08. The normalized spacial score (nSPS) is 15.1. The Bertz CT molecular complexity index is 874. The van der Waals surface area contributed by atoms with Crippen molar-refractivity contribution in [3.05, 3.63) is 52.7 Å². The van der Waals surface area contributed by atoms with Crippen molar-refractivity contribution in [1.29, 1.82) is 0 Å². The number of halogens is 1. The molecule has 1 aliphatic rings. The van der Waals surface area contributed by atoms with Crippen LogP contribution in [0, 0.1) is 0 Å². The van der Waals surface area contributed by atoms with Crippen LogP contribution in [-0.4, -0.2) is 40.6 Å². The van der Waals surface area contributed by atoms with Gasteiger partial charge in [0.1, 0.15) is 0 Å². The average Bonchev–Trinajstić information content (AvgIpc) is 3.21. The van der Waals surface area contributed by atoms with Gasteiger partial charge in [0.2, 0.25) is 17.6 Å². The molecule has 8 heteroatoms. The van der Waals surface area contributed by atoms with E-state index in [-0.39, 0.29) is 11.8 Å². The van der Waals surface area contributed by atoms with Gasteiger partial charge in [-0.1, -0.05) is 28.9 Å². The number of nitrogens with one attached hydrogen (secondary N) is 1. The van der Waals surface area contributed by atoms with Gasteiger partial charge in [-0.25, -0.2) is 0 Å². The van der Waals surface area contributed by atoms with E-state index in [1.807, 2.05) is 28.5 Å². The van der Waals surface area contributed by atoms with Crippen LogP contribution in [0.5, 0.6) is 0 Å². The number of carbonyl (C=O) groups is 1. The molecule has 25 heavy (non-hydrogen) atoms. The third kappa shape index (κ3) is 3.73. The highest BCUT2D eigenvalue weighted by Crippen LogP contribution is 2.28. The summed E-state index contributed by atoms with van der Waals surface area (Å²) in [6, 6.07) is 11.0. The molecule has 1 fully saturated rings. The molecule has 1 amide bonds. The number of aromatic nitrogens is 2. The molecular formula is C17H15ClN4O2S. The Morgan fingerprint density at radius 1 is 1.36 bits per heavy atom. The highest BCUT2D eigenvalue weighted by atomic mass is 35.5. The summed E-state index contributed by atoms with van der Waals surface area (Å²) >= 11 is 7.49. The maximum atomic E-state index is 12.1. The van der Waals surface area contributed by atoms with Crippen LogP contribution in [0.3, 0.4) is 0 Å². The minimum absolute atomic E-state index is 0.0643. The number of hydrogen-bond acceptors (Lipinski definition) is 6. The summed E-state index contributed by atoms with van der Waals surface area (Å²) in [6.45, 7) is 1.79. The van der Waals surface area contributed by atoms with Crippen LogP contribution in [0.2, 0.25) is 5.02 Å². The number of carbonyl (C=O) groups excluding carboxylic acids is 1. The first-order chi connectivity index (χ1) is 12.2. The molecule has 1 aromatic carbocycles. The Kier molecular flexibility index (Phi) is 4.52. The molecule has 3 aromatic rings. The van der Waals surface area contributed by atoms with Crippen LogP contribution in [0.4, 0.5) is 5.69 Å². The zero-order valence-electron chi connectivity index (χ0n) is 13.2. The van der Waals surface area contributed by atoms with Gasteiger partial charge in [0.05, 0.1) is 17.3 Å². The number of rotatable bonds is 5. The molecule has 3 heterocycles. The highest BCUT2D eigenvalue weighted by Gasteiger charge is 2.33. The van der Waals surface area contributed by atoms with Crippen molar-refractivity contribution >= 4 is 34.5 Å². The second kappa shape index (κ2) is 6.95. The second-order valence-corrected chi connectivity index (χ2v) is 7.27. The van der Waals surface area contributed by atoms with Crippen LogP contribution in [0.25, 0.3) is 10.7 Å². The lowest BCUT2D eigenvalue weighted by atomic mass is 10.0. The van der Waals surface area contributed by atoms with E-state index in [1.54, 1.807) is 29.5 Å². The van der Waals surface area contributed by atoms with Crippen LogP contribution < -0.4 is 5.32 Å². The third-order valence-electron chi connectivity index (χ3n) is 3.97. The number of amides is 1. The van der Waals surface area contributed by atoms with E-state index in [1.165, 1.54) is 0 Å². The first kappa shape index (κ1) is 16.3. The number of benzene rings is 1. The predicted octanol–water partition coefficient (Wildman–Crippen LogP) is 3.49. The van der Waals surface area contributed by atoms with Gasteiger partial charge >= 0.3 is 0 Å². The standard InChI is InChI=1S/C17H15ClN4O2S/c18-12-3-1-4-13(7-12)19-15(23)10-22-8-11(9-22)17-20-16(21-24-17)14-5-2-6-25-14/h1-7,11H,8-10H2,(H,19,23). The van der Waals surface area contributed by atoms with Crippen LogP contribution in [0.15, 0.2) is 46.3 Å². The molecule has 128 valence electrons. The van der Waals surface area contributed by atoms with Gasteiger partial charge in [0.15, 0.2) is 0 Å². The predicted molar refractivity (Wildman–Crippen MR) is 96.9 cm³/mol. The molecule has 6 nitrogen and oxygen atoms in total. The molecule has 1 saturated heterocycles. The van der Waals surface area contributed by atoms with Crippen LogP contribution >= 0.6 is 22.9 Å². The van der Waals surface area contributed by atoms with Crippen molar-refractivity contribution in [2.24, 2.45) is 0 Å². The van der Waals surface area contributed by atoms with Gasteiger partial charge < -0.3 is 9.84 Å². The van der Waals surface area contributed by atoms with Gasteiger partial charge in [-0.15, -0.1) is 11.3 Å². The van der Waals surface area contributed by atoms with E-state index >= 15 is 0 Å². The number of nitrogens with zero attached hydrogens (tertiary/aromatic N) is 3. The molecule has 0 atom stereocenters. The molecular weight excluding hydrogens is 360 g/mol. The lowest BCUT2D eigenvalue weighted by Crippen LogP contribution is -2.48. The third-order valence-corrected chi connectivity index (χ3v) is 5.07. The van der Waals surface area contributed by atoms with E-state index in [4.69, 9.17) is 16.1 Å². The Morgan fingerprint density at radius 3 is 3.00 bits per heavy atom. The molecule has 0 radical (unpaired) electrons. The molecule has 1 N–H and O–H groups in total. The fourth-order valence-corrected chi connectivity index (χ4v) is 3.57. The van der Waals surface area contributed by atoms with Crippen molar-refractivity contribution in [3.63, 3.8) is 0 Å². The van der Waals surface area contributed by atoms with E-state index in [0.717, 1.165) is 18.0 Å². The van der Waals surface area contributed by atoms with Crippen molar-refractivity contribution in [1.82, 2.24) is 15.0 Å². The average molecular weight is 375 g/mol. The number of hydrogen-bond donors (Lipinski definition) is 1. The molecule has 0 aliphatic carbocycles. The van der Waals surface area contributed by atoms with E-state index in [9.17, 15) is 4.79 Å². The topological polar surface area (TPSA) is 71.3 Å². The minimum Gasteiger partial charge on any atom is -0.339 e. The quantitative estimate of drug-likeness (QED) is 0.740. The second-order valence-electron chi connectivity index (χ2n) is 5.88. The Morgan fingerprint density at radius 2 is 2.24 bits per heavy atom. The van der Waals surface area contributed by atoms with Crippen LogP contribution in [0.1, 0.15) is 11.8 Å². The zero-order chi connectivity index (χ0) is 17.2. The number of anilines is 1. The Labute approximate surface area is 153 Å². The van der Waals surface area contributed by atoms with Gasteiger partial charge in [-0.05, 0) is 29.6 Å². The summed E-state index contributed by atoms with van der Waals surface area (Å²) in [7, 11) is 0. The van der Waals surface area contributed by atoms with Crippen molar-refractivity contribution in [2.45, 2.75) is 5.92 Å². The molecule has 0 spiro atoms. The highest BCUT2D eigenvalue weighted by molar-refractivity contribution is 7.13. The first-order valence-electron chi connectivity index (χ1n) is 7.82. The summed E-state index contributed by atoms with van der Waals surface area (Å²) in [6.07, 6.45) is 0. The molecule has 4 rings (SSSR count). The molecule has 2 aromatic heterocycles. The zero-order valence-corrected chi connectivity index (χ0v) is 14.8. The largest absolute Gasteiger partial charge is 0.339 e. The number of thiophene rings is 1. The Balaban J connectivity index is 1.28. The van der Waals surface area contributed by atoms with E-state index in [2.05, 4.69) is 15.5 Å². The maximum Gasteiger partial charge on any atom is 0.238 e. The molecule has 0 saturated carbocycles. The summed E-state index contributed by atoms with van der Waals surface area (Å²) in [5.41, 5.74) is 0.701. The lowest BCUT2D eigenvalue weighted by Gasteiger charge is -2.36. The lowest BCUT2D eigenvalue weighted by molar-refractivity contribution is -0.118. The van der Waals surface area contributed by atoms with E-state index < -0.39 is 0 Å². The SMILES string of the molecule is O=C(CN1CC(c2nc(-c3cccs3)no2)C1)Nc1cccc(Cl)c1. The van der Waals surface area contributed by atoms with Crippen LogP contribution in [-0.2, 0) is 4.79 Å². The van der Waals surface area contributed by atoms with Gasteiger partial charge in [0.25, 0.3) is 0 Å². The molecule has 0 unspecified atom stereocenters. The van der Waals surface area contributed by atoms with E-state index in [0.29, 0.717) is 29.0 Å². The monoisotopic (exact) mass is 374 g/mol. The molecule has 0 bridgehead atoms. The smallest absolute Gasteiger partial charge is 0.238 e. The van der Waals surface area contributed by atoms with Crippen molar-refractivity contribution in [3.8, 4) is 10.7 Å². The number of likely N-dealkylation sites (tertiary alicyclic amines) is 1. The van der Waals surface area contributed by atoms with Crippen molar-refractivity contribution in [2.75, 3.05) is 25.0 Å². The van der Waals surface area contributed by atoms with Gasteiger partial charge in [0, 0.05) is 23.8 Å². The maximum absolute atomic E-state index is 12.1.